The van der Waals surface area contributed by atoms with Crippen LogP contribution in [0, 0.1) is 40.4 Å². The van der Waals surface area contributed by atoms with E-state index in [1.165, 1.54) is 6.42 Å². The molecule has 0 aromatic carbocycles. The van der Waals surface area contributed by atoms with E-state index in [1.54, 1.807) is 0 Å². The molecule has 4 aliphatic rings. The fourth-order valence-electron chi connectivity index (χ4n) is 7.58. The van der Waals surface area contributed by atoms with Crippen LogP contribution in [-0.4, -0.2) is 29.7 Å². The van der Waals surface area contributed by atoms with Crippen LogP contribution in [0.2, 0.25) is 0 Å². The van der Waals surface area contributed by atoms with Gasteiger partial charge in [-0.25, -0.2) is 0 Å². The Morgan fingerprint density at radius 3 is 2.46 bits per heavy atom. The molecule has 8 atom stereocenters. The third-order valence-corrected chi connectivity index (χ3v) is 8.94. The number of nitrogens with zero attached hydrogens (tertiary/aromatic N) is 1. The lowest BCUT2D eigenvalue weighted by atomic mass is 9.45. The average Bonchev–Trinajstić information content (AvgIpc) is 2.77. The first kappa shape index (κ1) is 16.6. The summed E-state index contributed by atoms with van der Waals surface area (Å²) < 4.78 is 0. The second-order valence-electron chi connectivity index (χ2n) is 9.99. The van der Waals surface area contributed by atoms with Crippen LogP contribution in [0.3, 0.4) is 0 Å². The Kier molecular flexibility index (Phi) is 3.51. The van der Waals surface area contributed by atoms with Gasteiger partial charge < -0.3 is 4.90 Å². The lowest BCUT2D eigenvalue weighted by Gasteiger charge is -2.63. The Hall–Kier alpha value is -0.860. The zero-order valence-corrected chi connectivity index (χ0v) is 16.0. The summed E-state index contributed by atoms with van der Waals surface area (Å²) in [5, 5.41) is 0. The number of carbonyl (C=O) groups is 2. The minimum absolute atomic E-state index is 0.0750. The molecule has 0 aromatic rings. The van der Waals surface area contributed by atoms with Crippen LogP contribution in [0.5, 0.6) is 0 Å². The topological polar surface area (TPSA) is 37.4 Å². The molecular weight excluding hydrogens is 298 g/mol. The fraction of sp³-hybridized carbons (Fsp3) is 0.905. The van der Waals surface area contributed by atoms with E-state index in [9.17, 15) is 9.59 Å². The molecule has 0 spiro atoms. The molecule has 134 valence electrons. The highest BCUT2D eigenvalue weighted by Gasteiger charge is 2.63. The fourth-order valence-corrected chi connectivity index (χ4v) is 7.58. The van der Waals surface area contributed by atoms with Gasteiger partial charge in [0.1, 0.15) is 5.78 Å². The number of hydrogen-bond donors (Lipinski definition) is 0. The Morgan fingerprint density at radius 2 is 1.75 bits per heavy atom. The lowest BCUT2D eigenvalue weighted by molar-refractivity contribution is -0.166. The van der Waals surface area contributed by atoms with Crippen LogP contribution in [0.15, 0.2) is 0 Å². The highest BCUT2D eigenvalue weighted by Crippen LogP contribution is 2.65. The van der Waals surface area contributed by atoms with Gasteiger partial charge in [-0.2, -0.15) is 0 Å². The van der Waals surface area contributed by atoms with Gasteiger partial charge in [0.05, 0.1) is 0 Å². The summed E-state index contributed by atoms with van der Waals surface area (Å²) in [5.41, 5.74) is 0.171. The van der Waals surface area contributed by atoms with Crippen molar-refractivity contribution < 1.29 is 9.59 Å². The van der Waals surface area contributed by atoms with Crippen LogP contribution in [0.25, 0.3) is 0 Å². The molecule has 3 nitrogen and oxygen atoms in total. The van der Waals surface area contributed by atoms with Crippen molar-refractivity contribution in [1.29, 1.82) is 0 Å². The Balaban J connectivity index is 1.72. The maximum Gasteiger partial charge on any atom is 0.222 e. The maximum atomic E-state index is 12.8. The summed E-state index contributed by atoms with van der Waals surface area (Å²) in [4.78, 5) is 27.2. The van der Waals surface area contributed by atoms with Crippen LogP contribution < -0.4 is 0 Å². The Labute approximate surface area is 146 Å². The molecule has 3 saturated carbocycles. The minimum Gasteiger partial charge on any atom is -0.342 e. The third-order valence-electron chi connectivity index (χ3n) is 8.94. The second-order valence-corrected chi connectivity index (χ2v) is 9.99. The number of hydrogen-bond acceptors (Lipinski definition) is 2. The van der Waals surface area contributed by atoms with Crippen molar-refractivity contribution in [1.82, 2.24) is 4.90 Å². The molecule has 1 aliphatic heterocycles. The molecular formula is C21H33NO2. The summed E-state index contributed by atoms with van der Waals surface area (Å²) in [6.45, 7) is 9.25. The molecule has 0 aromatic heterocycles. The van der Waals surface area contributed by atoms with Crippen molar-refractivity contribution in [2.24, 2.45) is 40.4 Å². The van der Waals surface area contributed by atoms with Crippen LogP contribution in [0.1, 0.15) is 66.2 Å². The number of ketones is 1. The van der Waals surface area contributed by atoms with Gasteiger partial charge in [-0.15, -0.1) is 0 Å². The Morgan fingerprint density at radius 1 is 1.04 bits per heavy atom. The van der Waals surface area contributed by atoms with Crippen LogP contribution >= 0.6 is 0 Å². The molecule has 0 N–H and O–H groups in total. The molecule has 0 bridgehead atoms. The number of Topliss-reactive ketones (excluding diaryl/α,β-unsaturated/α-hetero) is 1. The molecule has 1 heterocycles. The van der Waals surface area contributed by atoms with Crippen LogP contribution in [-0.2, 0) is 9.59 Å². The number of fused-ring (bicyclic) bond motifs is 5. The quantitative estimate of drug-likeness (QED) is 0.675. The van der Waals surface area contributed by atoms with Crippen molar-refractivity contribution in [3.63, 3.8) is 0 Å². The largest absolute Gasteiger partial charge is 0.342 e. The number of rotatable bonds is 0. The molecule has 4 rings (SSSR count). The first-order chi connectivity index (χ1) is 11.2. The molecule has 1 amide bonds. The van der Waals surface area contributed by atoms with E-state index in [0.29, 0.717) is 47.8 Å². The summed E-state index contributed by atoms with van der Waals surface area (Å²) in [7, 11) is 2.02. The summed E-state index contributed by atoms with van der Waals surface area (Å²) in [6.07, 6.45) is 6.20. The third kappa shape index (κ3) is 1.90. The van der Waals surface area contributed by atoms with Crippen molar-refractivity contribution in [2.45, 2.75) is 72.3 Å². The van der Waals surface area contributed by atoms with Crippen molar-refractivity contribution >= 4 is 11.7 Å². The van der Waals surface area contributed by atoms with Crippen molar-refractivity contribution in [2.75, 3.05) is 7.05 Å². The molecule has 4 fully saturated rings. The van der Waals surface area contributed by atoms with Gasteiger partial charge in [0, 0.05) is 30.8 Å². The molecule has 24 heavy (non-hydrogen) atoms. The zero-order valence-electron chi connectivity index (χ0n) is 16.0. The van der Waals surface area contributed by atoms with Gasteiger partial charge in [0.2, 0.25) is 5.91 Å². The van der Waals surface area contributed by atoms with E-state index >= 15 is 0 Å². The monoisotopic (exact) mass is 331 g/mol. The number of piperidine rings is 1. The number of amides is 1. The van der Waals surface area contributed by atoms with Crippen LogP contribution in [0.4, 0.5) is 0 Å². The van der Waals surface area contributed by atoms with Gasteiger partial charge in [-0.1, -0.05) is 27.7 Å². The van der Waals surface area contributed by atoms with Crippen molar-refractivity contribution in [3.8, 4) is 0 Å². The van der Waals surface area contributed by atoms with Gasteiger partial charge >= 0.3 is 0 Å². The zero-order chi connectivity index (χ0) is 17.4. The maximum absolute atomic E-state index is 12.8. The van der Waals surface area contributed by atoms with E-state index in [-0.39, 0.29) is 16.7 Å². The van der Waals surface area contributed by atoms with E-state index in [4.69, 9.17) is 0 Å². The summed E-state index contributed by atoms with van der Waals surface area (Å²) >= 11 is 0. The first-order valence-corrected chi connectivity index (χ1v) is 10.00. The van der Waals surface area contributed by atoms with Gasteiger partial charge in [-0.05, 0) is 61.2 Å². The molecule has 0 unspecified atom stereocenters. The lowest BCUT2D eigenvalue weighted by Crippen LogP contribution is -2.63. The average molecular weight is 332 g/mol. The number of carbonyl (C=O) groups excluding carboxylic acids is 2. The van der Waals surface area contributed by atoms with Gasteiger partial charge in [0.15, 0.2) is 0 Å². The van der Waals surface area contributed by atoms with Gasteiger partial charge in [-0.3, -0.25) is 9.59 Å². The minimum atomic E-state index is -0.0750. The summed E-state index contributed by atoms with van der Waals surface area (Å²) in [6, 6.07) is 0.397. The van der Waals surface area contributed by atoms with E-state index < -0.39 is 0 Å². The predicted octanol–water partition coefficient (Wildman–Crippen LogP) is 3.91. The summed E-state index contributed by atoms with van der Waals surface area (Å²) in [5.74, 6) is 3.62. The molecule has 1 saturated heterocycles. The van der Waals surface area contributed by atoms with E-state index in [0.717, 1.165) is 25.7 Å². The number of likely N-dealkylation sites (tertiary alicyclic amines) is 1. The standard InChI is InChI=1S/C21H33NO2/c1-12-11-16-20(3,9-7-17(23)22(16)5)14-6-8-21(4)15(18(12)14)10-13(2)19(21)24/h12-16,18H,6-11H2,1-5H3/t12-,13-,14-,15-,16+,18+,20+,21-/m0/s1. The van der Waals surface area contributed by atoms with E-state index in [1.807, 2.05) is 7.05 Å². The highest BCUT2D eigenvalue weighted by atomic mass is 16.2. The molecule has 0 radical (unpaired) electrons. The van der Waals surface area contributed by atoms with E-state index in [2.05, 4.69) is 32.6 Å². The van der Waals surface area contributed by atoms with Crippen molar-refractivity contribution in [3.05, 3.63) is 0 Å². The Bertz CT molecular complexity index is 586. The molecule has 3 heteroatoms. The predicted molar refractivity (Wildman–Crippen MR) is 94.3 cm³/mol. The first-order valence-electron chi connectivity index (χ1n) is 10.00. The smallest absolute Gasteiger partial charge is 0.222 e. The van der Waals surface area contributed by atoms with Gasteiger partial charge in [0.25, 0.3) is 0 Å². The molecule has 3 aliphatic carbocycles. The SMILES string of the molecule is C[C@H]1C[C@H]2[C@@H]3[C@@H](C)C[C@H]4N(C)C(=O)CC[C@]4(C)[C@H]3CC[C@]2(C)C1=O. The normalized spacial score (nSPS) is 54.3. The second kappa shape index (κ2) is 5.08. The highest BCUT2D eigenvalue weighted by molar-refractivity contribution is 5.89.